The van der Waals surface area contributed by atoms with Crippen molar-refractivity contribution in [1.29, 1.82) is 0 Å². The van der Waals surface area contributed by atoms with E-state index in [4.69, 9.17) is 5.73 Å². The molecule has 0 aliphatic rings. The number of hydrogen-bond acceptors (Lipinski definition) is 2. The molecule has 1 unspecified atom stereocenters. The largest absolute Gasteiger partial charge is 0.318 e. The van der Waals surface area contributed by atoms with Gasteiger partial charge in [-0.25, -0.2) is 0 Å². The van der Waals surface area contributed by atoms with Crippen LogP contribution < -0.4 is 5.73 Å². The van der Waals surface area contributed by atoms with E-state index >= 15 is 0 Å². The van der Waals surface area contributed by atoms with Crippen molar-refractivity contribution in [3.05, 3.63) is 71.8 Å². The topological polar surface area (TPSA) is 43.1 Å². The highest BCUT2D eigenvalue weighted by atomic mass is 79.9. The third-order valence-electron chi connectivity index (χ3n) is 2.50. The highest BCUT2D eigenvalue weighted by molar-refractivity contribution is 8.93. The molecule has 1 atom stereocenters. The highest BCUT2D eigenvalue weighted by Gasteiger charge is 2.16. The normalized spacial score (nSPS) is 11.4. The van der Waals surface area contributed by atoms with Gasteiger partial charge in [-0.1, -0.05) is 60.7 Å². The molecule has 0 aromatic heterocycles. The second kappa shape index (κ2) is 6.33. The summed E-state index contributed by atoms with van der Waals surface area (Å²) in [5.41, 5.74) is 7.42. The van der Waals surface area contributed by atoms with Gasteiger partial charge in [0, 0.05) is 5.56 Å². The lowest BCUT2D eigenvalue weighted by Crippen LogP contribution is -2.21. The van der Waals surface area contributed by atoms with Gasteiger partial charge in [0.25, 0.3) is 0 Å². The fourth-order valence-corrected chi connectivity index (χ4v) is 1.59. The van der Waals surface area contributed by atoms with E-state index in [0.29, 0.717) is 5.56 Å². The van der Waals surface area contributed by atoms with Gasteiger partial charge in [0.2, 0.25) is 0 Å². The summed E-state index contributed by atoms with van der Waals surface area (Å²) in [6, 6.07) is 17.9. The molecule has 0 saturated heterocycles. The Morgan fingerprint density at radius 3 is 1.88 bits per heavy atom. The van der Waals surface area contributed by atoms with Crippen LogP contribution in [0.4, 0.5) is 0 Å². The number of benzene rings is 2. The van der Waals surface area contributed by atoms with Crippen LogP contribution in [0.3, 0.4) is 0 Å². The molecular formula is C14H14BrNO. The van der Waals surface area contributed by atoms with Crippen LogP contribution in [0.5, 0.6) is 0 Å². The van der Waals surface area contributed by atoms with Crippen LogP contribution in [0.1, 0.15) is 22.0 Å². The molecule has 2 N–H and O–H groups in total. The minimum atomic E-state index is -0.580. The number of Topliss-reactive ketones (excluding diaryl/α,β-unsaturated/α-hetero) is 1. The highest BCUT2D eigenvalue weighted by Crippen LogP contribution is 2.15. The van der Waals surface area contributed by atoms with E-state index in [1.807, 2.05) is 48.5 Å². The van der Waals surface area contributed by atoms with Crippen molar-refractivity contribution in [3.8, 4) is 0 Å². The van der Waals surface area contributed by atoms with E-state index in [9.17, 15) is 4.79 Å². The maximum Gasteiger partial charge on any atom is 0.184 e. The van der Waals surface area contributed by atoms with Crippen molar-refractivity contribution in [1.82, 2.24) is 0 Å². The molecule has 0 fully saturated rings. The third-order valence-corrected chi connectivity index (χ3v) is 2.50. The van der Waals surface area contributed by atoms with Gasteiger partial charge < -0.3 is 5.73 Å². The number of halogens is 1. The lowest BCUT2D eigenvalue weighted by atomic mass is 9.98. The molecule has 0 amide bonds. The maximum absolute atomic E-state index is 12.0. The molecule has 2 nitrogen and oxygen atoms in total. The summed E-state index contributed by atoms with van der Waals surface area (Å²) in [4.78, 5) is 12.0. The summed E-state index contributed by atoms with van der Waals surface area (Å²) < 4.78 is 0. The molecule has 2 rings (SSSR count). The number of rotatable bonds is 3. The summed E-state index contributed by atoms with van der Waals surface area (Å²) in [6.45, 7) is 0. The summed E-state index contributed by atoms with van der Waals surface area (Å²) in [5.74, 6) is -0.0493. The summed E-state index contributed by atoms with van der Waals surface area (Å²) in [6.07, 6.45) is 0. The Balaban J connectivity index is 0.00000144. The summed E-state index contributed by atoms with van der Waals surface area (Å²) in [5, 5.41) is 0. The van der Waals surface area contributed by atoms with Gasteiger partial charge in [-0.2, -0.15) is 0 Å². The lowest BCUT2D eigenvalue weighted by Gasteiger charge is -2.10. The smallest absolute Gasteiger partial charge is 0.184 e. The monoisotopic (exact) mass is 291 g/mol. The molecule has 0 heterocycles. The number of hydrogen-bond donors (Lipinski definition) is 1. The van der Waals surface area contributed by atoms with E-state index in [-0.39, 0.29) is 22.8 Å². The van der Waals surface area contributed by atoms with Crippen LogP contribution in [0, 0.1) is 0 Å². The first-order valence-corrected chi connectivity index (χ1v) is 5.19. The maximum atomic E-state index is 12.0. The molecule has 2 aromatic rings. The van der Waals surface area contributed by atoms with Gasteiger partial charge in [0.1, 0.15) is 0 Å². The number of nitrogens with two attached hydrogens (primary N) is 1. The molecule has 0 spiro atoms. The minimum Gasteiger partial charge on any atom is -0.318 e. The number of carbonyl (C=O) groups is 1. The second-order valence-electron chi connectivity index (χ2n) is 3.62. The van der Waals surface area contributed by atoms with Crippen LogP contribution in [0.25, 0.3) is 0 Å². The molecule has 2 aromatic carbocycles. The van der Waals surface area contributed by atoms with Crippen molar-refractivity contribution in [2.45, 2.75) is 6.04 Å². The Bertz CT molecular complexity index is 470. The minimum absolute atomic E-state index is 0. The first-order valence-electron chi connectivity index (χ1n) is 5.19. The van der Waals surface area contributed by atoms with E-state index < -0.39 is 6.04 Å². The zero-order chi connectivity index (χ0) is 11.4. The zero-order valence-corrected chi connectivity index (χ0v) is 11.0. The van der Waals surface area contributed by atoms with Gasteiger partial charge in [-0.15, -0.1) is 17.0 Å². The quantitative estimate of drug-likeness (QED) is 0.883. The van der Waals surface area contributed by atoms with Crippen LogP contribution in [0.2, 0.25) is 0 Å². The second-order valence-corrected chi connectivity index (χ2v) is 3.62. The number of ketones is 1. The Morgan fingerprint density at radius 2 is 1.35 bits per heavy atom. The molecule has 0 saturated carbocycles. The Kier molecular flexibility index (Phi) is 5.07. The van der Waals surface area contributed by atoms with E-state index in [0.717, 1.165) is 5.56 Å². The van der Waals surface area contributed by atoms with E-state index in [2.05, 4.69) is 0 Å². The molecule has 0 aliphatic heterocycles. The summed E-state index contributed by atoms with van der Waals surface area (Å²) >= 11 is 0. The zero-order valence-electron chi connectivity index (χ0n) is 9.24. The van der Waals surface area contributed by atoms with Crippen molar-refractivity contribution in [2.24, 2.45) is 5.73 Å². The van der Waals surface area contributed by atoms with Crippen molar-refractivity contribution >= 4 is 22.8 Å². The lowest BCUT2D eigenvalue weighted by molar-refractivity contribution is 0.0961. The predicted molar refractivity (Wildman–Crippen MR) is 74.5 cm³/mol. The van der Waals surface area contributed by atoms with Crippen molar-refractivity contribution in [2.75, 3.05) is 0 Å². The van der Waals surface area contributed by atoms with Gasteiger partial charge in [0.15, 0.2) is 5.78 Å². The predicted octanol–water partition coefficient (Wildman–Crippen LogP) is 3.15. The van der Waals surface area contributed by atoms with E-state index in [1.54, 1.807) is 12.1 Å². The van der Waals surface area contributed by atoms with Gasteiger partial charge in [0.05, 0.1) is 6.04 Å². The Labute approximate surface area is 111 Å². The van der Waals surface area contributed by atoms with Crippen LogP contribution in [-0.2, 0) is 0 Å². The average molecular weight is 292 g/mol. The molecule has 88 valence electrons. The first kappa shape index (κ1) is 13.6. The molecule has 17 heavy (non-hydrogen) atoms. The van der Waals surface area contributed by atoms with Crippen LogP contribution in [0.15, 0.2) is 60.7 Å². The molecular weight excluding hydrogens is 278 g/mol. The van der Waals surface area contributed by atoms with Crippen molar-refractivity contribution in [3.63, 3.8) is 0 Å². The summed E-state index contributed by atoms with van der Waals surface area (Å²) in [7, 11) is 0. The molecule has 3 heteroatoms. The average Bonchev–Trinajstić information content (AvgIpc) is 2.39. The van der Waals surface area contributed by atoms with Gasteiger partial charge in [-0.05, 0) is 5.56 Å². The van der Waals surface area contributed by atoms with Gasteiger partial charge >= 0.3 is 0 Å². The van der Waals surface area contributed by atoms with Crippen LogP contribution >= 0.6 is 17.0 Å². The molecule has 0 radical (unpaired) electrons. The fraction of sp³-hybridized carbons (Fsp3) is 0.0714. The third kappa shape index (κ3) is 3.25. The first-order chi connectivity index (χ1) is 7.79. The van der Waals surface area contributed by atoms with Crippen LogP contribution in [-0.4, -0.2) is 5.78 Å². The van der Waals surface area contributed by atoms with Gasteiger partial charge in [-0.3, -0.25) is 4.79 Å². The SMILES string of the molecule is Br.NC(C(=O)c1ccccc1)c1ccccc1. The van der Waals surface area contributed by atoms with Crippen molar-refractivity contribution < 1.29 is 4.79 Å². The Hall–Kier alpha value is -1.45. The Morgan fingerprint density at radius 1 is 0.882 bits per heavy atom. The van der Waals surface area contributed by atoms with E-state index in [1.165, 1.54) is 0 Å². The fourth-order valence-electron chi connectivity index (χ4n) is 1.59. The standard InChI is InChI=1S/C14H13NO.BrH/c15-13(11-7-3-1-4-8-11)14(16)12-9-5-2-6-10-12;/h1-10,13H,15H2;1H. The number of carbonyl (C=O) groups excluding carboxylic acids is 1. The molecule has 0 aliphatic carbocycles. The molecule has 0 bridgehead atoms.